The van der Waals surface area contributed by atoms with Crippen molar-refractivity contribution in [3.05, 3.63) is 46.1 Å². The number of hydrogen-bond donors (Lipinski definition) is 1. The highest BCUT2D eigenvalue weighted by molar-refractivity contribution is 6.37. The molecule has 1 aliphatic rings. The lowest BCUT2D eigenvalue weighted by Gasteiger charge is -2.34. The molecule has 12 nitrogen and oxygen atoms in total. The van der Waals surface area contributed by atoms with Crippen LogP contribution >= 0.6 is 23.2 Å². The number of benzene rings is 2. The van der Waals surface area contributed by atoms with Gasteiger partial charge in [0.05, 0.1) is 92.8 Å². The summed E-state index contributed by atoms with van der Waals surface area (Å²) in [5.41, 5.74) is 1.98. The highest BCUT2D eigenvalue weighted by Crippen LogP contribution is 2.40. The van der Waals surface area contributed by atoms with E-state index < -0.39 is 0 Å². The van der Waals surface area contributed by atoms with Crippen molar-refractivity contribution < 1.29 is 33.2 Å². The summed E-state index contributed by atoms with van der Waals surface area (Å²) in [5.74, 6) is 1.61. The number of piperazine rings is 1. The van der Waals surface area contributed by atoms with Gasteiger partial charge in [0.2, 0.25) is 5.91 Å². The van der Waals surface area contributed by atoms with Crippen LogP contribution in [0.15, 0.2) is 30.5 Å². The number of carbonyl (C=O) groups is 1. The van der Waals surface area contributed by atoms with Gasteiger partial charge in [0.1, 0.15) is 11.8 Å². The first kappa shape index (κ1) is 37.3. The van der Waals surface area contributed by atoms with Crippen LogP contribution in [0, 0.1) is 11.3 Å². The van der Waals surface area contributed by atoms with Gasteiger partial charge in [0.15, 0.2) is 11.5 Å². The molecule has 0 spiro atoms. The molecule has 1 amide bonds. The topological polar surface area (TPSA) is 128 Å². The number of pyridine rings is 1. The number of anilines is 2. The third-order valence-electron chi connectivity index (χ3n) is 7.78. The van der Waals surface area contributed by atoms with Gasteiger partial charge < -0.3 is 38.6 Å². The molecule has 1 aliphatic heterocycles. The number of nitriles is 1. The summed E-state index contributed by atoms with van der Waals surface area (Å²) in [4.78, 5) is 21.3. The van der Waals surface area contributed by atoms with Gasteiger partial charge in [0.25, 0.3) is 0 Å². The molecule has 48 heavy (non-hydrogen) atoms. The van der Waals surface area contributed by atoms with Crippen molar-refractivity contribution in [2.45, 2.75) is 19.8 Å². The number of ether oxygens (including phenoxy) is 6. The van der Waals surface area contributed by atoms with Crippen LogP contribution in [0.5, 0.6) is 17.2 Å². The van der Waals surface area contributed by atoms with Crippen LogP contribution in [-0.2, 0) is 19.0 Å². The molecular formula is C34H43Cl2N5O7. The average Bonchev–Trinajstić information content (AvgIpc) is 3.10. The van der Waals surface area contributed by atoms with Crippen LogP contribution in [0.4, 0.5) is 11.4 Å². The number of carbonyl (C=O) groups excluding carboxylic acids is 1. The highest BCUT2D eigenvalue weighted by atomic mass is 35.5. The zero-order chi connectivity index (χ0) is 34.3. The fourth-order valence-corrected chi connectivity index (χ4v) is 5.71. The molecule has 0 unspecified atom stereocenters. The van der Waals surface area contributed by atoms with Crippen LogP contribution in [0.25, 0.3) is 10.9 Å². The van der Waals surface area contributed by atoms with Crippen LogP contribution in [0.3, 0.4) is 0 Å². The van der Waals surface area contributed by atoms with Crippen LogP contribution < -0.4 is 19.5 Å². The smallest absolute Gasteiger partial charge is 0.224 e. The van der Waals surface area contributed by atoms with E-state index in [-0.39, 0.29) is 5.91 Å². The minimum atomic E-state index is 0.114. The van der Waals surface area contributed by atoms with Crippen molar-refractivity contribution in [3.8, 4) is 23.3 Å². The molecule has 0 radical (unpaired) electrons. The molecule has 1 N–H and O–H groups in total. The van der Waals surface area contributed by atoms with Gasteiger partial charge in [-0.1, -0.05) is 23.2 Å². The molecule has 0 saturated carbocycles. The average molecular weight is 705 g/mol. The Hall–Kier alpha value is -3.57. The van der Waals surface area contributed by atoms with Crippen molar-refractivity contribution in [2.75, 3.05) is 98.5 Å². The number of nitrogens with zero attached hydrogens (tertiary/aromatic N) is 4. The Labute approximate surface area is 291 Å². The summed E-state index contributed by atoms with van der Waals surface area (Å²) in [6.07, 6.45) is 2.66. The molecule has 1 aromatic heterocycles. The van der Waals surface area contributed by atoms with Gasteiger partial charge in [-0.3, -0.25) is 14.7 Å². The number of rotatable bonds is 19. The maximum absolute atomic E-state index is 12.6. The third kappa shape index (κ3) is 10.5. The Morgan fingerprint density at radius 2 is 1.60 bits per heavy atom. The SMILES string of the molecule is CCOCCOCCOCCC(=O)N1CCN(CCCOc2cc3ncc(C#N)c(Nc4cc(OC)c(Cl)cc4Cl)c3cc2OC)CC1. The summed E-state index contributed by atoms with van der Waals surface area (Å²) >= 11 is 12.7. The minimum absolute atomic E-state index is 0.114. The third-order valence-corrected chi connectivity index (χ3v) is 8.39. The van der Waals surface area contributed by atoms with Crippen LogP contribution in [-0.4, -0.2) is 114 Å². The van der Waals surface area contributed by atoms with E-state index in [1.165, 1.54) is 13.3 Å². The molecule has 14 heteroatoms. The molecule has 0 aliphatic carbocycles. The Morgan fingerprint density at radius 3 is 2.29 bits per heavy atom. The van der Waals surface area contributed by atoms with E-state index in [1.54, 1.807) is 31.4 Å². The normalized spacial score (nSPS) is 13.4. The molecule has 4 rings (SSSR count). The molecule has 1 fully saturated rings. The van der Waals surface area contributed by atoms with Gasteiger partial charge in [0, 0.05) is 63.0 Å². The first-order valence-electron chi connectivity index (χ1n) is 16.0. The number of nitrogens with one attached hydrogen (secondary N) is 1. The monoisotopic (exact) mass is 703 g/mol. The summed E-state index contributed by atoms with van der Waals surface area (Å²) in [7, 11) is 3.08. The summed E-state index contributed by atoms with van der Waals surface area (Å²) in [6.45, 7) is 9.42. The van der Waals surface area contributed by atoms with Gasteiger partial charge in [-0.15, -0.1) is 0 Å². The summed E-state index contributed by atoms with van der Waals surface area (Å²) in [5, 5.41) is 14.5. The molecule has 2 aromatic carbocycles. The highest BCUT2D eigenvalue weighted by Gasteiger charge is 2.21. The molecule has 0 atom stereocenters. The van der Waals surface area contributed by atoms with E-state index in [2.05, 4.69) is 21.3 Å². The van der Waals surface area contributed by atoms with Crippen molar-refractivity contribution in [1.82, 2.24) is 14.8 Å². The van der Waals surface area contributed by atoms with E-state index in [4.69, 9.17) is 51.6 Å². The molecular weight excluding hydrogens is 661 g/mol. The van der Waals surface area contributed by atoms with Gasteiger partial charge >= 0.3 is 0 Å². The van der Waals surface area contributed by atoms with Crippen molar-refractivity contribution in [3.63, 3.8) is 0 Å². The van der Waals surface area contributed by atoms with E-state index in [9.17, 15) is 10.1 Å². The van der Waals surface area contributed by atoms with Crippen molar-refractivity contribution in [2.24, 2.45) is 0 Å². The number of halogens is 2. The fourth-order valence-electron chi connectivity index (χ4n) is 5.20. The predicted molar refractivity (Wildman–Crippen MR) is 185 cm³/mol. The lowest BCUT2D eigenvalue weighted by Crippen LogP contribution is -2.49. The van der Waals surface area contributed by atoms with Crippen LogP contribution in [0.1, 0.15) is 25.3 Å². The molecule has 0 bridgehead atoms. The van der Waals surface area contributed by atoms with Gasteiger partial charge in [-0.05, 0) is 25.5 Å². The number of amides is 1. The fraction of sp³-hybridized carbons (Fsp3) is 0.500. The summed E-state index contributed by atoms with van der Waals surface area (Å²) < 4.78 is 33.3. The lowest BCUT2D eigenvalue weighted by atomic mass is 10.1. The largest absolute Gasteiger partial charge is 0.495 e. The Kier molecular flexibility index (Phi) is 15.1. The second kappa shape index (κ2) is 19.4. The summed E-state index contributed by atoms with van der Waals surface area (Å²) in [6, 6.07) is 9.03. The second-order valence-electron chi connectivity index (χ2n) is 10.9. The zero-order valence-electron chi connectivity index (χ0n) is 27.7. The van der Waals surface area contributed by atoms with E-state index >= 15 is 0 Å². The lowest BCUT2D eigenvalue weighted by molar-refractivity contribution is -0.134. The van der Waals surface area contributed by atoms with Crippen LogP contribution in [0.2, 0.25) is 10.0 Å². The number of fused-ring (bicyclic) bond motifs is 1. The first-order chi connectivity index (χ1) is 23.4. The van der Waals surface area contributed by atoms with Crippen molar-refractivity contribution >= 4 is 51.4 Å². The van der Waals surface area contributed by atoms with E-state index in [1.807, 2.05) is 11.8 Å². The predicted octanol–water partition coefficient (Wildman–Crippen LogP) is 5.55. The first-order valence-corrected chi connectivity index (χ1v) is 16.7. The van der Waals surface area contributed by atoms with E-state index in [0.717, 1.165) is 26.1 Å². The molecule has 260 valence electrons. The quantitative estimate of drug-likeness (QED) is 0.158. The molecule has 1 saturated heterocycles. The molecule has 2 heterocycles. The van der Waals surface area contributed by atoms with E-state index in [0.29, 0.717) is 121 Å². The number of aromatic nitrogens is 1. The maximum Gasteiger partial charge on any atom is 0.224 e. The Balaban J connectivity index is 1.25. The van der Waals surface area contributed by atoms with Crippen molar-refractivity contribution in [1.29, 1.82) is 5.26 Å². The molecule has 3 aromatic rings. The number of methoxy groups -OCH3 is 2. The second-order valence-corrected chi connectivity index (χ2v) is 11.7. The zero-order valence-corrected chi connectivity index (χ0v) is 29.2. The maximum atomic E-state index is 12.6. The van der Waals surface area contributed by atoms with Gasteiger partial charge in [-0.2, -0.15) is 5.26 Å². The minimum Gasteiger partial charge on any atom is -0.495 e. The number of hydrogen-bond acceptors (Lipinski definition) is 11. The Bertz CT molecular complexity index is 1550. The standard InChI is InChI=1S/C34H43Cl2N5O7/c1-4-45-14-15-47-17-16-46-13-6-33(42)41-10-8-40(9-11-41)7-5-12-48-32-20-28-25(18-31(32)44-3)34(24(22-37)23-38-28)39-29-21-30(43-2)27(36)19-26(29)35/h18-21,23H,4-17H2,1-3H3,(H,38,39). The van der Waals surface area contributed by atoms with Gasteiger partial charge in [-0.25, -0.2) is 0 Å². The Morgan fingerprint density at radius 1 is 0.896 bits per heavy atom.